The number of nitrogens with one attached hydrogen (secondary N) is 1. The molecule has 3 aromatic rings. The van der Waals surface area contributed by atoms with Crippen molar-refractivity contribution in [3.8, 4) is 0 Å². The molecule has 34 heavy (non-hydrogen) atoms. The van der Waals surface area contributed by atoms with Crippen LogP contribution in [-0.4, -0.2) is 45.5 Å². The van der Waals surface area contributed by atoms with E-state index in [1.807, 2.05) is 12.1 Å². The van der Waals surface area contributed by atoms with Crippen molar-refractivity contribution in [2.45, 2.75) is 32.0 Å². The number of hydrogen-bond acceptors (Lipinski definition) is 3. The van der Waals surface area contributed by atoms with Crippen LogP contribution in [0.1, 0.15) is 19.4 Å². The van der Waals surface area contributed by atoms with E-state index in [1.165, 1.54) is 11.0 Å². The summed E-state index contributed by atoms with van der Waals surface area (Å²) in [6, 6.07) is 22.9. The fourth-order valence-electron chi connectivity index (χ4n) is 4.32. The minimum Gasteiger partial charge on any atom is -0.315 e. The first-order valence-electron chi connectivity index (χ1n) is 11.0. The Bertz CT molecular complexity index is 1160. The van der Waals surface area contributed by atoms with Gasteiger partial charge in [0.2, 0.25) is 0 Å². The molecule has 4 rings (SSSR count). The predicted molar refractivity (Wildman–Crippen MR) is 128 cm³/mol. The van der Waals surface area contributed by atoms with Crippen LogP contribution in [0.5, 0.6) is 0 Å². The summed E-state index contributed by atoms with van der Waals surface area (Å²) in [6.45, 7) is 3.76. The third-order valence-corrected chi connectivity index (χ3v) is 6.07. The van der Waals surface area contributed by atoms with Crippen LogP contribution in [0, 0.1) is 5.82 Å². The molecule has 0 aromatic heterocycles. The van der Waals surface area contributed by atoms with Crippen LogP contribution in [0.15, 0.2) is 84.9 Å². The number of benzene rings is 3. The number of hydrogen-bond donors (Lipinski definition) is 2. The fourth-order valence-corrected chi connectivity index (χ4v) is 4.32. The van der Waals surface area contributed by atoms with Crippen molar-refractivity contribution < 1.29 is 19.2 Å². The minimum absolute atomic E-state index is 0.209. The molecule has 0 aliphatic carbocycles. The van der Waals surface area contributed by atoms with Gasteiger partial charge in [-0.1, -0.05) is 54.6 Å². The summed E-state index contributed by atoms with van der Waals surface area (Å²) in [5, 5.41) is 14.3. The zero-order valence-corrected chi connectivity index (χ0v) is 19.1. The van der Waals surface area contributed by atoms with Crippen LogP contribution in [0.4, 0.5) is 25.4 Å². The molecule has 0 bridgehead atoms. The summed E-state index contributed by atoms with van der Waals surface area (Å²) in [5.74, 6) is -0.338. The zero-order valence-electron chi connectivity index (χ0n) is 19.1. The lowest BCUT2D eigenvalue weighted by atomic mass is 9.99. The number of hydroxylamine groups is 2. The topological polar surface area (TPSA) is 76.1 Å². The maximum atomic E-state index is 14.2. The molecule has 3 aromatic carbocycles. The van der Waals surface area contributed by atoms with Gasteiger partial charge >= 0.3 is 12.1 Å². The second-order valence-electron chi connectivity index (χ2n) is 8.65. The first-order chi connectivity index (χ1) is 16.3. The van der Waals surface area contributed by atoms with Crippen LogP contribution in [0.3, 0.4) is 0 Å². The standard InChI is InChI=1S/C26H27FN4O3/c1-26(2)23(31(34)24(32)28-20-12-5-3-6-13-20)30(21-14-7-4-8-15-21)25(33)29(26)18-17-19-11-9-10-16-22(19)27/h3-16,23,34H,17-18H2,1-2H3,(H,28,32)/t23-/m0/s1. The van der Waals surface area contributed by atoms with Crippen molar-refractivity contribution in [1.29, 1.82) is 0 Å². The lowest BCUT2D eigenvalue weighted by Crippen LogP contribution is -2.58. The number of nitrogens with zero attached hydrogens (tertiary/aromatic N) is 3. The number of para-hydroxylation sites is 2. The van der Waals surface area contributed by atoms with Gasteiger partial charge in [-0.15, -0.1) is 0 Å². The van der Waals surface area contributed by atoms with Gasteiger partial charge in [0.25, 0.3) is 0 Å². The number of halogens is 1. The number of rotatable bonds is 6. The second-order valence-corrected chi connectivity index (χ2v) is 8.65. The third-order valence-electron chi connectivity index (χ3n) is 6.07. The number of anilines is 2. The van der Waals surface area contributed by atoms with Crippen LogP contribution in [0.25, 0.3) is 0 Å². The average molecular weight is 463 g/mol. The van der Waals surface area contributed by atoms with Crippen molar-refractivity contribution >= 4 is 23.4 Å². The van der Waals surface area contributed by atoms with E-state index in [1.54, 1.807) is 85.5 Å². The Labute approximate surface area is 198 Å². The van der Waals surface area contributed by atoms with Crippen LogP contribution in [-0.2, 0) is 6.42 Å². The van der Waals surface area contributed by atoms with Gasteiger partial charge in [-0.3, -0.25) is 10.1 Å². The normalized spacial score (nSPS) is 17.1. The van der Waals surface area contributed by atoms with E-state index >= 15 is 0 Å². The Morgan fingerprint density at radius 1 is 1.00 bits per heavy atom. The first kappa shape index (κ1) is 23.3. The molecule has 176 valence electrons. The van der Waals surface area contributed by atoms with E-state index in [2.05, 4.69) is 5.32 Å². The fraction of sp³-hybridized carbons (Fsp3) is 0.231. The highest BCUT2D eigenvalue weighted by Gasteiger charge is 2.55. The van der Waals surface area contributed by atoms with E-state index in [4.69, 9.17) is 0 Å². The van der Waals surface area contributed by atoms with E-state index in [-0.39, 0.29) is 18.4 Å². The third kappa shape index (κ3) is 4.45. The highest BCUT2D eigenvalue weighted by molar-refractivity contribution is 5.98. The van der Waals surface area contributed by atoms with Crippen molar-refractivity contribution in [2.75, 3.05) is 16.8 Å². The molecule has 1 saturated heterocycles. The van der Waals surface area contributed by atoms with Gasteiger partial charge < -0.3 is 10.2 Å². The molecule has 0 spiro atoms. The summed E-state index contributed by atoms with van der Waals surface area (Å²) < 4.78 is 14.2. The molecule has 0 radical (unpaired) electrons. The highest BCUT2D eigenvalue weighted by Crippen LogP contribution is 2.38. The van der Waals surface area contributed by atoms with Crippen molar-refractivity contribution in [1.82, 2.24) is 9.96 Å². The second kappa shape index (κ2) is 9.52. The Morgan fingerprint density at radius 2 is 1.59 bits per heavy atom. The SMILES string of the molecule is CC1(C)[C@H](N(O)C(=O)Nc2ccccc2)N(c2ccccc2)C(=O)N1CCc1ccccc1F. The molecule has 1 fully saturated rings. The van der Waals surface area contributed by atoms with Crippen molar-refractivity contribution in [3.63, 3.8) is 0 Å². The average Bonchev–Trinajstić information content (AvgIpc) is 3.04. The molecule has 0 saturated carbocycles. The van der Waals surface area contributed by atoms with Crippen LogP contribution >= 0.6 is 0 Å². The lowest BCUT2D eigenvalue weighted by Gasteiger charge is -2.38. The summed E-state index contributed by atoms with van der Waals surface area (Å²) in [6.07, 6.45) is -0.745. The monoisotopic (exact) mass is 462 g/mol. The minimum atomic E-state index is -1.04. The maximum absolute atomic E-state index is 14.2. The molecule has 4 amide bonds. The molecule has 7 nitrogen and oxygen atoms in total. The predicted octanol–water partition coefficient (Wildman–Crippen LogP) is 5.34. The molecule has 1 heterocycles. The summed E-state index contributed by atoms with van der Waals surface area (Å²) in [7, 11) is 0. The van der Waals surface area contributed by atoms with Crippen LogP contribution < -0.4 is 10.2 Å². The molecule has 0 unspecified atom stereocenters. The van der Waals surface area contributed by atoms with E-state index in [0.29, 0.717) is 28.4 Å². The van der Waals surface area contributed by atoms with Gasteiger partial charge in [-0.05, 0) is 56.2 Å². The molecule has 1 atom stereocenters. The molecule has 8 heteroatoms. The molecule has 1 aliphatic rings. The van der Waals surface area contributed by atoms with Crippen LogP contribution in [0.2, 0.25) is 0 Å². The van der Waals surface area contributed by atoms with Crippen molar-refractivity contribution in [3.05, 3.63) is 96.3 Å². The lowest BCUT2D eigenvalue weighted by molar-refractivity contribution is -0.0947. The maximum Gasteiger partial charge on any atom is 0.347 e. The molecular formula is C26H27FN4O3. The molecule has 1 aliphatic heterocycles. The van der Waals surface area contributed by atoms with E-state index < -0.39 is 17.7 Å². The van der Waals surface area contributed by atoms with Gasteiger partial charge in [-0.2, -0.15) is 5.06 Å². The molecular weight excluding hydrogens is 435 g/mol. The largest absolute Gasteiger partial charge is 0.347 e. The smallest absolute Gasteiger partial charge is 0.315 e. The van der Waals surface area contributed by atoms with Gasteiger partial charge in [-0.25, -0.2) is 14.0 Å². The Balaban J connectivity index is 1.65. The van der Waals surface area contributed by atoms with Gasteiger partial charge in [0.05, 0.1) is 5.54 Å². The summed E-state index contributed by atoms with van der Waals surface area (Å²) >= 11 is 0. The van der Waals surface area contributed by atoms with E-state index in [0.717, 1.165) is 0 Å². The van der Waals surface area contributed by atoms with Gasteiger partial charge in [0, 0.05) is 17.9 Å². The Morgan fingerprint density at radius 3 is 2.24 bits per heavy atom. The van der Waals surface area contributed by atoms with Gasteiger partial charge in [0.15, 0.2) is 6.17 Å². The number of carbonyl (C=O) groups excluding carboxylic acids is 2. The van der Waals surface area contributed by atoms with Gasteiger partial charge in [0.1, 0.15) is 5.82 Å². The quantitative estimate of drug-likeness (QED) is 0.384. The van der Waals surface area contributed by atoms with Crippen molar-refractivity contribution in [2.24, 2.45) is 0 Å². The number of carbonyl (C=O) groups is 2. The van der Waals surface area contributed by atoms with E-state index in [9.17, 15) is 19.2 Å². The Hall–Kier alpha value is -3.91. The number of urea groups is 2. The summed E-state index contributed by atoms with van der Waals surface area (Å²) in [5.41, 5.74) is 0.534. The first-order valence-corrected chi connectivity index (χ1v) is 11.0. The zero-order chi connectivity index (χ0) is 24.3. The summed E-state index contributed by atoms with van der Waals surface area (Å²) in [4.78, 5) is 29.5. The highest BCUT2D eigenvalue weighted by atomic mass is 19.1. The Kier molecular flexibility index (Phi) is 6.51. The molecule has 2 N–H and O–H groups in total. The number of amides is 4.